The van der Waals surface area contributed by atoms with E-state index in [0.717, 1.165) is 5.56 Å². The van der Waals surface area contributed by atoms with Gasteiger partial charge in [0.2, 0.25) is 15.9 Å². The fourth-order valence-electron chi connectivity index (χ4n) is 3.61. The Balaban J connectivity index is 1.44. The molecule has 10 nitrogen and oxygen atoms in total. The number of hydrogen-bond donors (Lipinski definition) is 1. The van der Waals surface area contributed by atoms with Gasteiger partial charge in [-0.25, -0.2) is 16.8 Å². The maximum Gasteiger partial charge on any atom is 0.322 e. The number of nitrogens with one attached hydrogen (secondary N) is 1. The lowest BCUT2D eigenvalue weighted by Crippen LogP contribution is -2.30. The van der Waals surface area contributed by atoms with Crippen LogP contribution in [-0.2, 0) is 26.4 Å². The van der Waals surface area contributed by atoms with Crippen LogP contribution in [0.15, 0.2) is 93.1 Å². The molecule has 1 amide bonds. The quantitative estimate of drug-likeness (QED) is 0.310. The van der Waals surface area contributed by atoms with E-state index in [2.05, 4.69) is 15.5 Å². The summed E-state index contributed by atoms with van der Waals surface area (Å²) in [5.41, 5.74) is 1.55. The standard InChI is InChI=1S/C26H26N4O6S2/c1-3-30(18-19-8-6-5-7-9-19)38(34,35)23-16-10-20(11-17-23)24(31)27-26-29-28-25(36-26)21-12-14-22(15-13-21)37(32,33)4-2/h5-17H,3-4,18H2,1-2H3,(H,27,29,31). The maximum absolute atomic E-state index is 13.1. The van der Waals surface area contributed by atoms with Gasteiger partial charge in [-0.2, -0.15) is 4.31 Å². The van der Waals surface area contributed by atoms with Crippen LogP contribution < -0.4 is 5.32 Å². The summed E-state index contributed by atoms with van der Waals surface area (Å²) in [6.07, 6.45) is 0. The number of hydrogen-bond acceptors (Lipinski definition) is 8. The molecule has 3 aromatic carbocycles. The van der Waals surface area contributed by atoms with Gasteiger partial charge in [-0.05, 0) is 54.1 Å². The van der Waals surface area contributed by atoms with Crippen molar-refractivity contribution in [3.63, 3.8) is 0 Å². The second kappa shape index (κ2) is 11.3. The summed E-state index contributed by atoms with van der Waals surface area (Å²) < 4.78 is 57.1. The highest BCUT2D eigenvalue weighted by molar-refractivity contribution is 7.91. The first-order chi connectivity index (χ1) is 18.1. The Labute approximate surface area is 221 Å². The number of carbonyl (C=O) groups excluding carboxylic acids is 1. The molecular weight excluding hydrogens is 528 g/mol. The van der Waals surface area contributed by atoms with Gasteiger partial charge < -0.3 is 4.42 Å². The normalized spacial score (nSPS) is 12.0. The molecule has 0 atom stereocenters. The molecule has 38 heavy (non-hydrogen) atoms. The summed E-state index contributed by atoms with van der Waals surface area (Å²) in [7, 11) is -7.10. The summed E-state index contributed by atoms with van der Waals surface area (Å²) in [5, 5.41) is 10.2. The van der Waals surface area contributed by atoms with Crippen molar-refractivity contribution in [3.8, 4) is 11.5 Å². The molecule has 12 heteroatoms. The van der Waals surface area contributed by atoms with Gasteiger partial charge in [-0.3, -0.25) is 10.1 Å². The lowest BCUT2D eigenvalue weighted by molar-refractivity contribution is 0.102. The van der Waals surface area contributed by atoms with Gasteiger partial charge in [0.15, 0.2) is 9.84 Å². The third kappa shape index (κ3) is 5.98. The molecule has 4 aromatic rings. The number of amides is 1. The number of carbonyl (C=O) groups is 1. The van der Waals surface area contributed by atoms with E-state index in [1.807, 2.05) is 30.3 Å². The van der Waals surface area contributed by atoms with E-state index in [9.17, 15) is 21.6 Å². The molecular formula is C26H26N4O6S2. The first-order valence-electron chi connectivity index (χ1n) is 11.8. The van der Waals surface area contributed by atoms with Crippen LogP contribution in [0.3, 0.4) is 0 Å². The minimum Gasteiger partial charge on any atom is -0.403 e. The number of benzene rings is 3. The van der Waals surface area contributed by atoms with Crippen LogP contribution in [0.5, 0.6) is 0 Å². The van der Waals surface area contributed by atoms with Gasteiger partial charge >= 0.3 is 6.01 Å². The van der Waals surface area contributed by atoms with E-state index in [1.165, 1.54) is 52.8 Å². The molecule has 4 rings (SSSR count). The average molecular weight is 555 g/mol. The lowest BCUT2D eigenvalue weighted by Gasteiger charge is -2.20. The van der Waals surface area contributed by atoms with E-state index < -0.39 is 25.8 Å². The molecule has 1 heterocycles. The fraction of sp³-hybridized carbons (Fsp3) is 0.192. The molecule has 0 unspecified atom stereocenters. The van der Waals surface area contributed by atoms with Crippen LogP contribution >= 0.6 is 0 Å². The summed E-state index contributed by atoms with van der Waals surface area (Å²) in [6, 6.07) is 20.7. The summed E-state index contributed by atoms with van der Waals surface area (Å²) in [4.78, 5) is 12.9. The van der Waals surface area contributed by atoms with Crippen LogP contribution in [0.4, 0.5) is 6.01 Å². The Morgan fingerprint density at radius 2 is 1.47 bits per heavy atom. The first-order valence-corrected chi connectivity index (χ1v) is 14.9. The highest BCUT2D eigenvalue weighted by Crippen LogP contribution is 2.23. The van der Waals surface area contributed by atoms with E-state index in [0.29, 0.717) is 5.56 Å². The minimum absolute atomic E-state index is 0.0134. The zero-order chi connectivity index (χ0) is 27.3. The third-order valence-corrected chi connectivity index (χ3v) is 9.48. The average Bonchev–Trinajstić information content (AvgIpc) is 3.40. The van der Waals surface area contributed by atoms with E-state index in [4.69, 9.17) is 4.42 Å². The summed E-state index contributed by atoms with van der Waals surface area (Å²) in [6.45, 7) is 3.85. The Hall–Kier alpha value is -3.87. The second-order valence-corrected chi connectivity index (χ2v) is 12.5. The van der Waals surface area contributed by atoms with Crippen molar-refractivity contribution in [3.05, 3.63) is 90.0 Å². The first kappa shape index (κ1) is 27.2. The van der Waals surface area contributed by atoms with Crippen LogP contribution in [0.2, 0.25) is 0 Å². The van der Waals surface area contributed by atoms with Crippen molar-refractivity contribution in [2.45, 2.75) is 30.2 Å². The van der Waals surface area contributed by atoms with Crippen LogP contribution in [0, 0.1) is 0 Å². The monoisotopic (exact) mass is 554 g/mol. The number of anilines is 1. The van der Waals surface area contributed by atoms with Gasteiger partial charge in [0.25, 0.3) is 5.91 Å². The van der Waals surface area contributed by atoms with E-state index in [-0.39, 0.29) is 46.1 Å². The Kier molecular flexibility index (Phi) is 8.05. The molecule has 198 valence electrons. The van der Waals surface area contributed by atoms with Gasteiger partial charge in [-0.15, -0.1) is 5.10 Å². The van der Waals surface area contributed by atoms with Gasteiger partial charge in [-0.1, -0.05) is 49.3 Å². The lowest BCUT2D eigenvalue weighted by atomic mass is 10.2. The Morgan fingerprint density at radius 1 is 0.842 bits per heavy atom. The molecule has 0 saturated carbocycles. The van der Waals surface area contributed by atoms with Crippen LogP contribution in [0.25, 0.3) is 11.5 Å². The van der Waals surface area contributed by atoms with E-state index in [1.54, 1.807) is 13.8 Å². The maximum atomic E-state index is 13.1. The van der Waals surface area contributed by atoms with Crippen molar-refractivity contribution in [1.82, 2.24) is 14.5 Å². The van der Waals surface area contributed by atoms with Crippen LogP contribution in [-0.4, -0.2) is 49.5 Å². The number of aromatic nitrogens is 2. The highest BCUT2D eigenvalue weighted by atomic mass is 32.2. The van der Waals surface area contributed by atoms with Crippen molar-refractivity contribution in [1.29, 1.82) is 0 Å². The Bertz CT molecular complexity index is 1620. The molecule has 0 aliphatic carbocycles. The van der Waals surface area contributed by atoms with E-state index >= 15 is 0 Å². The largest absolute Gasteiger partial charge is 0.403 e. The molecule has 1 aromatic heterocycles. The topological polar surface area (TPSA) is 140 Å². The second-order valence-electron chi connectivity index (χ2n) is 8.24. The molecule has 0 spiro atoms. The van der Waals surface area contributed by atoms with Gasteiger partial charge in [0.1, 0.15) is 0 Å². The molecule has 0 radical (unpaired) electrons. The van der Waals surface area contributed by atoms with Gasteiger partial charge in [0.05, 0.1) is 15.5 Å². The molecule has 0 fully saturated rings. The van der Waals surface area contributed by atoms with Crippen molar-refractivity contribution >= 4 is 31.8 Å². The predicted octanol–water partition coefficient (Wildman–Crippen LogP) is 3.99. The fourth-order valence-corrected chi connectivity index (χ4v) is 5.93. The van der Waals surface area contributed by atoms with Crippen LogP contribution in [0.1, 0.15) is 29.8 Å². The zero-order valence-corrected chi connectivity index (χ0v) is 22.4. The molecule has 0 aliphatic heterocycles. The molecule has 0 saturated heterocycles. The van der Waals surface area contributed by atoms with Crippen molar-refractivity contribution in [2.24, 2.45) is 0 Å². The number of sulfone groups is 1. The number of sulfonamides is 1. The summed E-state index contributed by atoms with van der Waals surface area (Å²) >= 11 is 0. The minimum atomic E-state index is -3.77. The highest BCUT2D eigenvalue weighted by Gasteiger charge is 2.24. The third-order valence-electron chi connectivity index (χ3n) is 5.79. The SMILES string of the molecule is CCN(Cc1ccccc1)S(=O)(=O)c1ccc(C(=O)Nc2nnc(-c3ccc(S(=O)(=O)CC)cc3)o2)cc1. The van der Waals surface area contributed by atoms with Gasteiger partial charge in [0, 0.05) is 24.2 Å². The molecule has 1 N–H and O–H groups in total. The predicted molar refractivity (Wildman–Crippen MR) is 142 cm³/mol. The number of rotatable bonds is 10. The molecule has 0 aliphatic rings. The number of nitrogens with zero attached hydrogens (tertiary/aromatic N) is 3. The van der Waals surface area contributed by atoms with Crippen molar-refractivity contribution < 1.29 is 26.0 Å². The van der Waals surface area contributed by atoms with Crippen molar-refractivity contribution in [2.75, 3.05) is 17.6 Å². The summed E-state index contributed by atoms with van der Waals surface area (Å²) in [5.74, 6) is -0.481. The smallest absolute Gasteiger partial charge is 0.322 e. The Morgan fingerprint density at radius 3 is 2.08 bits per heavy atom. The molecule has 0 bridgehead atoms. The zero-order valence-electron chi connectivity index (χ0n) is 20.7.